The Kier molecular flexibility index (Phi) is 11.0. The lowest BCUT2D eigenvalue weighted by Gasteiger charge is -2.13. The molecule has 0 spiro atoms. The molecule has 23 heavy (non-hydrogen) atoms. The summed E-state index contributed by atoms with van der Waals surface area (Å²) in [6.07, 6.45) is 7.67. The average molecular weight is 337 g/mol. The second-order valence-electron chi connectivity index (χ2n) is 4.46. The van der Waals surface area contributed by atoms with Crippen molar-refractivity contribution in [3.05, 3.63) is 53.1 Å². The molecule has 0 aliphatic carbocycles. The van der Waals surface area contributed by atoms with Crippen molar-refractivity contribution in [2.45, 2.75) is 0 Å². The van der Waals surface area contributed by atoms with Crippen LogP contribution < -0.4 is 10.2 Å². The van der Waals surface area contributed by atoms with Crippen LogP contribution in [0.5, 0.6) is 0 Å². The summed E-state index contributed by atoms with van der Waals surface area (Å²) in [5, 5.41) is 3.19. The van der Waals surface area contributed by atoms with Crippen LogP contribution in [0.25, 0.3) is 0 Å². The topological polar surface area (TPSA) is 75.2 Å². The lowest BCUT2D eigenvalue weighted by Crippen LogP contribution is -2.11. The lowest BCUT2D eigenvalue weighted by atomic mass is 10.2. The number of aromatic nitrogens is 2. The summed E-state index contributed by atoms with van der Waals surface area (Å²) in [4.78, 5) is 30.0. The van der Waals surface area contributed by atoms with Crippen LogP contribution in [0.4, 0.5) is 5.69 Å². The molecule has 0 bridgehead atoms. The van der Waals surface area contributed by atoms with Gasteiger partial charge in [0.15, 0.2) is 12.6 Å². The summed E-state index contributed by atoms with van der Waals surface area (Å²) in [5.41, 5.74) is 1.95. The van der Waals surface area contributed by atoms with Gasteiger partial charge in [-0.05, 0) is 26.2 Å². The number of aldehydes is 2. The summed E-state index contributed by atoms with van der Waals surface area (Å²) < 4.78 is 0. The Balaban J connectivity index is 0.000000365. The third-order valence-electron chi connectivity index (χ3n) is 2.36. The largest absolute Gasteiger partial charge is 0.377 e. The normalized spacial score (nSPS) is 8.74. The Morgan fingerprint density at radius 1 is 1.00 bits per heavy atom. The Hall–Kier alpha value is -2.31. The Morgan fingerprint density at radius 2 is 1.48 bits per heavy atom. The van der Waals surface area contributed by atoms with Crippen molar-refractivity contribution in [3.8, 4) is 0 Å². The molecule has 0 aliphatic rings. The molecular formula is C16H21ClN4O2. The number of nitrogens with zero attached hydrogens (tertiary/aromatic N) is 3. The molecule has 2 aromatic heterocycles. The van der Waals surface area contributed by atoms with E-state index in [0.717, 1.165) is 12.0 Å². The van der Waals surface area contributed by atoms with Crippen molar-refractivity contribution in [1.82, 2.24) is 15.3 Å². The fraction of sp³-hybridized carbons (Fsp3) is 0.250. The predicted octanol–water partition coefficient (Wildman–Crippen LogP) is 2.34. The number of halogens is 1. The third kappa shape index (κ3) is 8.04. The molecule has 0 atom stereocenters. The maximum absolute atomic E-state index is 10.5. The SMILES string of the molecule is CN(C)c1ccncc1C=O.CNC.O=Cc1cnccc1Cl. The summed E-state index contributed by atoms with van der Waals surface area (Å²) in [5.74, 6) is 0. The first kappa shape index (κ1) is 20.7. The molecule has 0 aliphatic heterocycles. The quantitative estimate of drug-likeness (QED) is 0.867. The second kappa shape index (κ2) is 12.3. The van der Waals surface area contributed by atoms with Gasteiger partial charge >= 0.3 is 0 Å². The molecule has 6 nitrogen and oxygen atoms in total. The standard InChI is InChI=1S/C8H10N2O.C6H4ClNO.C2H7N/c1-10(2)8-3-4-9-5-7(8)6-11;7-6-1-2-8-3-5(6)4-9;1-3-2/h3-6H,1-2H3;1-4H;3H,1-2H3. The summed E-state index contributed by atoms with van der Waals surface area (Å²) in [6.45, 7) is 0. The number of hydrogen-bond acceptors (Lipinski definition) is 6. The number of rotatable bonds is 3. The Bertz CT molecular complexity index is 606. The highest BCUT2D eigenvalue weighted by Gasteiger charge is 2.00. The highest BCUT2D eigenvalue weighted by atomic mass is 35.5. The summed E-state index contributed by atoms with van der Waals surface area (Å²) in [6, 6.07) is 3.38. The first-order valence-corrected chi connectivity index (χ1v) is 7.09. The zero-order valence-corrected chi connectivity index (χ0v) is 14.4. The fourth-order valence-corrected chi connectivity index (χ4v) is 1.52. The van der Waals surface area contributed by atoms with Crippen molar-refractivity contribution in [3.63, 3.8) is 0 Å². The van der Waals surface area contributed by atoms with Gasteiger partial charge in [-0.25, -0.2) is 0 Å². The average Bonchev–Trinajstić information content (AvgIpc) is 2.56. The zero-order valence-electron chi connectivity index (χ0n) is 13.7. The van der Waals surface area contributed by atoms with Crippen LogP contribution >= 0.6 is 11.6 Å². The van der Waals surface area contributed by atoms with E-state index in [0.29, 0.717) is 22.4 Å². The van der Waals surface area contributed by atoms with Crippen molar-refractivity contribution >= 4 is 29.9 Å². The first-order valence-electron chi connectivity index (χ1n) is 6.71. The van der Waals surface area contributed by atoms with Gasteiger partial charge in [0.05, 0.1) is 16.1 Å². The van der Waals surface area contributed by atoms with Crippen LogP contribution in [-0.4, -0.2) is 50.7 Å². The molecule has 0 saturated carbocycles. The van der Waals surface area contributed by atoms with E-state index >= 15 is 0 Å². The van der Waals surface area contributed by atoms with Crippen LogP contribution in [0.1, 0.15) is 20.7 Å². The van der Waals surface area contributed by atoms with Crippen molar-refractivity contribution in [2.24, 2.45) is 0 Å². The minimum absolute atomic E-state index is 0.430. The Morgan fingerprint density at radius 3 is 1.83 bits per heavy atom. The number of anilines is 1. The molecule has 7 heteroatoms. The first-order chi connectivity index (χ1) is 11.0. The van der Waals surface area contributed by atoms with E-state index in [2.05, 4.69) is 15.3 Å². The molecule has 2 aromatic rings. The summed E-state index contributed by atoms with van der Waals surface area (Å²) in [7, 11) is 7.53. The molecule has 0 aromatic carbocycles. The smallest absolute Gasteiger partial charge is 0.153 e. The van der Waals surface area contributed by atoms with Gasteiger partial charge in [0.25, 0.3) is 0 Å². The van der Waals surface area contributed by atoms with Gasteiger partial charge in [-0.2, -0.15) is 0 Å². The minimum atomic E-state index is 0.430. The van der Waals surface area contributed by atoms with Gasteiger partial charge in [0, 0.05) is 44.6 Å². The van der Waals surface area contributed by atoms with Gasteiger partial charge in [-0.3, -0.25) is 19.6 Å². The highest BCUT2D eigenvalue weighted by molar-refractivity contribution is 6.32. The predicted molar refractivity (Wildman–Crippen MR) is 93.6 cm³/mol. The lowest BCUT2D eigenvalue weighted by molar-refractivity contribution is 0.111. The molecule has 0 amide bonds. The van der Waals surface area contributed by atoms with Crippen LogP contribution in [0.2, 0.25) is 5.02 Å². The molecule has 1 N–H and O–H groups in total. The number of hydrogen-bond donors (Lipinski definition) is 1. The molecule has 2 heterocycles. The Labute approximate surface area is 141 Å². The van der Waals surface area contributed by atoms with Gasteiger partial charge in [-0.1, -0.05) is 11.6 Å². The summed E-state index contributed by atoms with van der Waals surface area (Å²) >= 11 is 5.55. The van der Waals surface area contributed by atoms with Gasteiger partial charge in [0.1, 0.15) is 0 Å². The van der Waals surface area contributed by atoms with E-state index in [9.17, 15) is 9.59 Å². The monoisotopic (exact) mass is 336 g/mol. The van der Waals surface area contributed by atoms with Crippen LogP contribution in [0, 0.1) is 0 Å². The van der Waals surface area contributed by atoms with E-state index in [1.165, 1.54) is 12.4 Å². The van der Waals surface area contributed by atoms with Gasteiger partial charge in [0.2, 0.25) is 0 Å². The molecule has 124 valence electrons. The van der Waals surface area contributed by atoms with Gasteiger partial charge in [-0.15, -0.1) is 0 Å². The van der Waals surface area contributed by atoms with Gasteiger partial charge < -0.3 is 10.2 Å². The van der Waals surface area contributed by atoms with Crippen LogP contribution in [-0.2, 0) is 0 Å². The third-order valence-corrected chi connectivity index (χ3v) is 2.70. The van der Waals surface area contributed by atoms with E-state index in [1.807, 2.05) is 39.2 Å². The van der Waals surface area contributed by atoms with Crippen molar-refractivity contribution in [1.29, 1.82) is 0 Å². The molecule has 0 saturated heterocycles. The van der Waals surface area contributed by atoms with E-state index in [1.54, 1.807) is 18.5 Å². The highest BCUT2D eigenvalue weighted by Crippen LogP contribution is 2.13. The fourth-order valence-electron chi connectivity index (χ4n) is 1.37. The van der Waals surface area contributed by atoms with E-state index < -0.39 is 0 Å². The van der Waals surface area contributed by atoms with Crippen LogP contribution in [0.15, 0.2) is 36.9 Å². The van der Waals surface area contributed by atoms with E-state index in [4.69, 9.17) is 11.6 Å². The number of nitrogens with one attached hydrogen (secondary N) is 1. The number of pyridine rings is 2. The molecule has 0 unspecified atom stereocenters. The maximum atomic E-state index is 10.5. The molecule has 0 radical (unpaired) electrons. The number of carbonyl (C=O) groups excluding carboxylic acids is 2. The molecular weight excluding hydrogens is 316 g/mol. The minimum Gasteiger partial charge on any atom is -0.377 e. The molecule has 2 rings (SSSR count). The number of carbonyl (C=O) groups is 2. The second-order valence-corrected chi connectivity index (χ2v) is 4.87. The van der Waals surface area contributed by atoms with Crippen molar-refractivity contribution in [2.75, 3.05) is 33.1 Å². The van der Waals surface area contributed by atoms with E-state index in [-0.39, 0.29) is 0 Å². The maximum Gasteiger partial charge on any atom is 0.153 e. The van der Waals surface area contributed by atoms with Crippen LogP contribution in [0.3, 0.4) is 0 Å². The molecule has 0 fully saturated rings. The van der Waals surface area contributed by atoms with Crippen molar-refractivity contribution < 1.29 is 9.59 Å². The zero-order chi connectivity index (χ0) is 17.7.